The van der Waals surface area contributed by atoms with E-state index in [0.29, 0.717) is 24.9 Å². The fraction of sp³-hybridized carbons (Fsp3) is 0.588. The summed E-state index contributed by atoms with van der Waals surface area (Å²) < 4.78 is 10.5. The van der Waals surface area contributed by atoms with Crippen LogP contribution in [0.5, 0.6) is 0 Å². The molecule has 2 rings (SSSR count). The smallest absolute Gasteiger partial charge is 0.232 e. The Morgan fingerprint density at radius 3 is 2.61 bits per heavy atom. The number of amides is 1. The molecule has 0 bridgehead atoms. The Kier molecular flexibility index (Phi) is 8.23. The van der Waals surface area contributed by atoms with Crippen LogP contribution in [-0.2, 0) is 14.3 Å². The first kappa shape index (κ1) is 18.6. The first-order chi connectivity index (χ1) is 11.2. The number of likely N-dealkylation sites (tertiary alicyclic amines) is 1. The van der Waals surface area contributed by atoms with Gasteiger partial charge in [0.15, 0.2) is 0 Å². The minimum absolute atomic E-state index is 0.212. The van der Waals surface area contributed by atoms with Gasteiger partial charge in [-0.3, -0.25) is 4.79 Å². The van der Waals surface area contributed by atoms with Crippen LogP contribution in [0.2, 0.25) is 5.02 Å². The van der Waals surface area contributed by atoms with Crippen molar-refractivity contribution in [3.05, 3.63) is 29.3 Å². The quantitative estimate of drug-likeness (QED) is 0.528. The monoisotopic (exact) mass is 357 g/mol. The Balaban J connectivity index is 1.64. The SMILES string of the molecule is COCCOCC1CCN(C(=O)CSc2ccc(Cl)cc2)CC1. The second kappa shape index (κ2) is 10.2. The Hall–Kier alpha value is -0.750. The lowest BCUT2D eigenvalue weighted by Crippen LogP contribution is -2.40. The van der Waals surface area contributed by atoms with Gasteiger partial charge in [-0.15, -0.1) is 11.8 Å². The van der Waals surface area contributed by atoms with Gasteiger partial charge in [-0.1, -0.05) is 11.6 Å². The predicted octanol–water partition coefficient (Wildman–Crippen LogP) is 3.33. The molecule has 1 aromatic rings. The lowest BCUT2D eigenvalue weighted by Gasteiger charge is -2.31. The number of hydrogen-bond donors (Lipinski definition) is 0. The second-order valence-electron chi connectivity index (χ2n) is 5.63. The molecule has 0 atom stereocenters. The van der Waals surface area contributed by atoms with Gasteiger partial charge >= 0.3 is 0 Å². The van der Waals surface area contributed by atoms with Crippen LogP contribution in [0.25, 0.3) is 0 Å². The summed E-state index contributed by atoms with van der Waals surface area (Å²) in [6, 6.07) is 7.60. The van der Waals surface area contributed by atoms with Crippen molar-refractivity contribution in [2.45, 2.75) is 17.7 Å². The molecule has 0 radical (unpaired) electrons. The first-order valence-corrected chi connectivity index (χ1v) is 9.28. The maximum atomic E-state index is 12.3. The van der Waals surface area contributed by atoms with Gasteiger partial charge in [0.1, 0.15) is 0 Å². The lowest BCUT2D eigenvalue weighted by atomic mass is 9.98. The van der Waals surface area contributed by atoms with Gasteiger partial charge in [-0.25, -0.2) is 0 Å². The predicted molar refractivity (Wildman–Crippen MR) is 94.2 cm³/mol. The molecule has 0 aliphatic carbocycles. The van der Waals surface area contributed by atoms with Crippen molar-refractivity contribution in [3.63, 3.8) is 0 Å². The fourth-order valence-corrected chi connectivity index (χ4v) is 3.44. The highest BCUT2D eigenvalue weighted by Gasteiger charge is 2.22. The second-order valence-corrected chi connectivity index (χ2v) is 7.12. The van der Waals surface area contributed by atoms with Gasteiger partial charge in [-0.2, -0.15) is 0 Å². The molecule has 1 saturated heterocycles. The molecule has 1 aliphatic rings. The number of carbonyl (C=O) groups excluding carboxylic acids is 1. The van der Waals surface area contributed by atoms with Crippen LogP contribution in [0, 0.1) is 5.92 Å². The van der Waals surface area contributed by atoms with Gasteiger partial charge in [0.25, 0.3) is 0 Å². The molecule has 1 heterocycles. The molecule has 0 saturated carbocycles. The van der Waals surface area contributed by atoms with Gasteiger partial charge < -0.3 is 14.4 Å². The minimum atomic E-state index is 0.212. The van der Waals surface area contributed by atoms with Crippen LogP contribution < -0.4 is 0 Å². The average molecular weight is 358 g/mol. The van der Waals surface area contributed by atoms with E-state index in [2.05, 4.69) is 0 Å². The van der Waals surface area contributed by atoms with E-state index in [1.165, 1.54) is 0 Å². The number of benzene rings is 1. The summed E-state index contributed by atoms with van der Waals surface area (Å²) >= 11 is 7.42. The molecule has 1 fully saturated rings. The summed E-state index contributed by atoms with van der Waals surface area (Å²) in [7, 11) is 1.68. The Bertz CT molecular complexity index is 475. The number of hydrogen-bond acceptors (Lipinski definition) is 4. The van der Waals surface area contributed by atoms with Crippen LogP contribution >= 0.6 is 23.4 Å². The topological polar surface area (TPSA) is 38.8 Å². The van der Waals surface area contributed by atoms with E-state index in [1.807, 2.05) is 29.2 Å². The van der Waals surface area contributed by atoms with Gasteiger partial charge in [0, 0.05) is 36.7 Å². The summed E-state index contributed by atoms with van der Waals surface area (Å²) in [6.45, 7) is 3.72. The van der Waals surface area contributed by atoms with E-state index < -0.39 is 0 Å². The number of methoxy groups -OCH3 is 1. The third kappa shape index (κ3) is 6.71. The zero-order chi connectivity index (χ0) is 16.5. The first-order valence-electron chi connectivity index (χ1n) is 7.92. The molecule has 4 nitrogen and oxygen atoms in total. The molecule has 6 heteroatoms. The molecular weight excluding hydrogens is 334 g/mol. The highest BCUT2D eigenvalue weighted by Crippen LogP contribution is 2.22. The zero-order valence-electron chi connectivity index (χ0n) is 13.5. The van der Waals surface area contributed by atoms with Crippen LogP contribution in [0.4, 0.5) is 0 Å². The van der Waals surface area contributed by atoms with Crippen LogP contribution in [0.3, 0.4) is 0 Å². The highest BCUT2D eigenvalue weighted by atomic mass is 35.5. The molecular formula is C17H24ClNO3S. The van der Waals surface area contributed by atoms with Crippen molar-refractivity contribution in [1.82, 2.24) is 4.90 Å². The molecule has 0 aromatic heterocycles. The molecule has 1 amide bonds. The number of ether oxygens (including phenoxy) is 2. The van der Waals surface area contributed by atoms with E-state index in [0.717, 1.165) is 42.5 Å². The van der Waals surface area contributed by atoms with Crippen molar-refractivity contribution in [2.24, 2.45) is 5.92 Å². The number of nitrogens with zero attached hydrogens (tertiary/aromatic N) is 1. The number of halogens is 1. The van der Waals surface area contributed by atoms with E-state index in [9.17, 15) is 4.79 Å². The normalized spacial score (nSPS) is 15.8. The van der Waals surface area contributed by atoms with Crippen molar-refractivity contribution in [2.75, 3.05) is 45.8 Å². The van der Waals surface area contributed by atoms with Crippen LogP contribution in [0.15, 0.2) is 29.2 Å². The van der Waals surface area contributed by atoms with Crippen molar-refractivity contribution in [1.29, 1.82) is 0 Å². The fourth-order valence-electron chi connectivity index (χ4n) is 2.51. The van der Waals surface area contributed by atoms with E-state index in [4.69, 9.17) is 21.1 Å². The van der Waals surface area contributed by atoms with E-state index >= 15 is 0 Å². The van der Waals surface area contributed by atoms with Gasteiger partial charge in [0.2, 0.25) is 5.91 Å². The molecule has 23 heavy (non-hydrogen) atoms. The zero-order valence-corrected chi connectivity index (χ0v) is 15.1. The summed E-state index contributed by atoms with van der Waals surface area (Å²) in [5, 5.41) is 0.718. The molecule has 1 aromatic carbocycles. The Labute approximate surface area is 147 Å². The molecule has 128 valence electrons. The number of piperidine rings is 1. The summed E-state index contributed by atoms with van der Waals surface area (Å²) in [5.74, 6) is 1.25. The van der Waals surface area contributed by atoms with Gasteiger partial charge in [-0.05, 0) is 43.0 Å². The lowest BCUT2D eigenvalue weighted by molar-refractivity contribution is -0.130. The maximum Gasteiger partial charge on any atom is 0.232 e. The third-order valence-electron chi connectivity index (χ3n) is 3.93. The number of rotatable bonds is 8. The average Bonchev–Trinajstić information content (AvgIpc) is 2.58. The minimum Gasteiger partial charge on any atom is -0.382 e. The van der Waals surface area contributed by atoms with Crippen molar-refractivity contribution >= 4 is 29.3 Å². The Morgan fingerprint density at radius 1 is 1.26 bits per heavy atom. The highest BCUT2D eigenvalue weighted by molar-refractivity contribution is 8.00. The molecule has 1 aliphatic heterocycles. The molecule has 0 spiro atoms. The van der Waals surface area contributed by atoms with E-state index in [1.54, 1.807) is 18.9 Å². The van der Waals surface area contributed by atoms with Crippen molar-refractivity contribution in [3.8, 4) is 0 Å². The summed E-state index contributed by atoms with van der Waals surface area (Å²) in [6.07, 6.45) is 2.04. The summed E-state index contributed by atoms with van der Waals surface area (Å²) in [5.41, 5.74) is 0. The molecule has 0 unspecified atom stereocenters. The summed E-state index contributed by atoms with van der Waals surface area (Å²) in [4.78, 5) is 15.3. The largest absolute Gasteiger partial charge is 0.382 e. The van der Waals surface area contributed by atoms with Crippen LogP contribution in [0.1, 0.15) is 12.8 Å². The molecule has 0 N–H and O–H groups in total. The standard InChI is InChI=1S/C17H24ClNO3S/c1-21-10-11-22-12-14-6-8-19(9-7-14)17(20)13-23-16-4-2-15(18)3-5-16/h2-5,14H,6-13H2,1H3. The number of thioether (sulfide) groups is 1. The van der Waals surface area contributed by atoms with E-state index in [-0.39, 0.29) is 5.91 Å². The third-order valence-corrected chi connectivity index (χ3v) is 5.18. The number of carbonyl (C=O) groups is 1. The van der Waals surface area contributed by atoms with Gasteiger partial charge in [0.05, 0.1) is 19.0 Å². The maximum absolute atomic E-state index is 12.3. The van der Waals surface area contributed by atoms with Crippen molar-refractivity contribution < 1.29 is 14.3 Å². The van der Waals surface area contributed by atoms with Crippen LogP contribution in [-0.4, -0.2) is 56.6 Å². The Morgan fingerprint density at radius 2 is 1.96 bits per heavy atom.